The first-order chi connectivity index (χ1) is 15.1. The molecule has 0 aromatic heterocycles. The van der Waals surface area contributed by atoms with Crippen LogP contribution in [0.5, 0.6) is 0 Å². The topological polar surface area (TPSA) is 87.3 Å². The molecule has 0 unspecified atom stereocenters. The van der Waals surface area contributed by atoms with Crippen molar-refractivity contribution in [2.75, 3.05) is 13.6 Å². The number of nitrogens with one attached hydrogen (secondary N) is 3. The van der Waals surface area contributed by atoms with Gasteiger partial charge in [0.05, 0.1) is 5.56 Å². The Morgan fingerprint density at radius 2 is 1.75 bits per heavy atom. The second kappa shape index (κ2) is 9.12. The van der Waals surface area contributed by atoms with Crippen molar-refractivity contribution in [3.05, 3.63) is 59.2 Å². The molecular formula is C23H24F3N3O3. The molecule has 32 heavy (non-hydrogen) atoms. The van der Waals surface area contributed by atoms with E-state index >= 15 is 0 Å². The number of likely N-dealkylation sites (N-methyl/N-ethyl adjacent to an activating group) is 1. The fourth-order valence-electron chi connectivity index (χ4n) is 3.82. The van der Waals surface area contributed by atoms with Gasteiger partial charge in [-0.1, -0.05) is 29.8 Å². The molecule has 3 N–H and O–H groups in total. The number of hydrogen-bond acceptors (Lipinski definition) is 4. The summed E-state index contributed by atoms with van der Waals surface area (Å²) in [6.07, 6.45) is -2.58. The van der Waals surface area contributed by atoms with Crippen LogP contribution in [0.2, 0.25) is 0 Å². The van der Waals surface area contributed by atoms with E-state index in [1.165, 1.54) is 12.1 Å². The van der Waals surface area contributed by atoms with Gasteiger partial charge in [-0.05, 0) is 62.1 Å². The zero-order valence-electron chi connectivity index (χ0n) is 17.7. The maximum absolute atomic E-state index is 13.0. The van der Waals surface area contributed by atoms with Gasteiger partial charge in [0.2, 0.25) is 12.3 Å². The van der Waals surface area contributed by atoms with Crippen molar-refractivity contribution in [1.82, 2.24) is 16.0 Å². The summed E-state index contributed by atoms with van der Waals surface area (Å²) in [6.45, 7) is 1.77. The molecule has 3 rings (SSSR count). The highest BCUT2D eigenvalue weighted by Crippen LogP contribution is 2.39. The molecule has 0 heterocycles. The van der Waals surface area contributed by atoms with Crippen molar-refractivity contribution < 1.29 is 27.6 Å². The van der Waals surface area contributed by atoms with Crippen LogP contribution in [-0.2, 0) is 15.8 Å². The molecule has 1 aliphatic rings. The Balaban J connectivity index is 1.87. The number of hydrogen-bond donors (Lipinski definition) is 3. The standard InChI is InChI=1S/C23H24F3N3O3/c1-14-3-10-18(19(11-14)15-4-6-17(7-5-15)23(24,25)26)20(31)28-12-22(27-2,16-8-9-16)21(32)29-13-30/h3-7,10-11,13,16,27H,8-9,12H2,1-2H3,(H,28,31)(H,29,30,32)/t22-/m0/s1. The summed E-state index contributed by atoms with van der Waals surface area (Å²) in [5, 5.41) is 7.87. The number of carbonyl (C=O) groups is 3. The lowest BCUT2D eigenvalue weighted by Gasteiger charge is -2.31. The zero-order chi connectivity index (χ0) is 23.5. The van der Waals surface area contributed by atoms with Crippen molar-refractivity contribution in [2.24, 2.45) is 5.92 Å². The van der Waals surface area contributed by atoms with E-state index in [0.717, 1.165) is 30.5 Å². The van der Waals surface area contributed by atoms with Gasteiger partial charge in [-0.15, -0.1) is 0 Å². The van der Waals surface area contributed by atoms with Crippen LogP contribution in [0.15, 0.2) is 42.5 Å². The van der Waals surface area contributed by atoms with E-state index in [9.17, 15) is 27.6 Å². The summed E-state index contributed by atoms with van der Waals surface area (Å²) in [5.41, 5.74) is 0.152. The summed E-state index contributed by atoms with van der Waals surface area (Å²) < 4.78 is 38.7. The minimum absolute atomic E-state index is 0.0276. The molecule has 0 spiro atoms. The van der Waals surface area contributed by atoms with E-state index in [1.54, 1.807) is 25.2 Å². The Kier molecular flexibility index (Phi) is 6.68. The van der Waals surface area contributed by atoms with Crippen LogP contribution >= 0.6 is 0 Å². The molecule has 1 fully saturated rings. The molecule has 2 aromatic carbocycles. The van der Waals surface area contributed by atoms with Gasteiger partial charge in [0.25, 0.3) is 5.91 Å². The van der Waals surface area contributed by atoms with Crippen LogP contribution in [0.25, 0.3) is 11.1 Å². The molecule has 2 aromatic rings. The number of benzene rings is 2. The summed E-state index contributed by atoms with van der Waals surface area (Å²) >= 11 is 0. The number of rotatable bonds is 8. The third-order valence-electron chi connectivity index (χ3n) is 5.79. The average Bonchev–Trinajstić information content (AvgIpc) is 3.60. The molecule has 0 saturated heterocycles. The van der Waals surface area contributed by atoms with E-state index < -0.39 is 29.1 Å². The largest absolute Gasteiger partial charge is 0.416 e. The molecule has 170 valence electrons. The van der Waals surface area contributed by atoms with Gasteiger partial charge in [-0.25, -0.2) is 0 Å². The van der Waals surface area contributed by atoms with Gasteiger partial charge < -0.3 is 10.6 Å². The van der Waals surface area contributed by atoms with Gasteiger partial charge in [0.15, 0.2) is 0 Å². The van der Waals surface area contributed by atoms with Crippen LogP contribution in [-0.4, -0.2) is 37.4 Å². The second-order valence-corrected chi connectivity index (χ2v) is 7.89. The van der Waals surface area contributed by atoms with Crippen molar-refractivity contribution in [3.63, 3.8) is 0 Å². The van der Waals surface area contributed by atoms with Gasteiger partial charge in [0.1, 0.15) is 5.54 Å². The van der Waals surface area contributed by atoms with E-state index in [2.05, 4.69) is 16.0 Å². The molecule has 3 amide bonds. The van der Waals surface area contributed by atoms with Gasteiger partial charge in [-0.2, -0.15) is 13.2 Å². The SMILES string of the molecule is CN[C@](CNC(=O)c1ccc(C)cc1-c1ccc(C(F)(F)F)cc1)(C(=O)NC=O)C1CC1. The maximum Gasteiger partial charge on any atom is 0.416 e. The number of alkyl halides is 3. The van der Waals surface area contributed by atoms with Crippen LogP contribution in [0.1, 0.15) is 34.3 Å². The average molecular weight is 447 g/mol. The fourth-order valence-corrected chi connectivity index (χ4v) is 3.82. The first-order valence-electron chi connectivity index (χ1n) is 10.1. The molecule has 9 heteroatoms. The van der Waals surface area contributed by atoms with Gasteiger partial charge >= 0.3 is 6.18 Å². The summed E-state index contributed by atoms with van der Waals surface area (Å²) in [4.78, 5) is 36.3. The zero-order valence-corrected chi connectivity index (χ0v) is 17.7. The monoisotopic (exact) mass is 447 g/mol. The number of imide groups is 1. The van der Waals surface area contributed by atoms with Crippen molar-refractivity contribution >= 4 is 18.2 Å². The number of carbonyl (C=O) groups excluding carboxylic acids is 3. The van der Waals surface area contributed by atoms with Crippen molar-refractivity contribution in [2.45, 2.75) is 31.5 Å². The summed E-state index contributed by atoms with van der Waals surface area (Å²) in [5.74, 6) is -1.02. The smallest absolute Gasteiger partial charge is 0.350 e. The lowest BCUT2D eigenvalue weighted by atomic mass is 9.91. The highest BCUT2D eigenvalue weighted by molar-refractivity contribution is 6.02. The summed E-state index contributed by atoms with van der Waals surface area (Å²) in [6, 6.07) is 9.66. The predicted octanol–water partition coefficient (Wildman–Crippen LogP) is 3.05. The van der Waals surface area contributed by atoms with E-state index in [4.69, 9.17) is 0 Å². The maximum atomic E-state index is 13.0. The van der Waals surface area contributed by atoms with Gasteiger partial charge in [0, 0.05) is 12.1 Å². The van der Waals surface area contributed by atoms with Crippen LogP contribution in [0, 0.1) is 12.8 Å². The lowest BCUT2D eigenvalue weighted by molar-refractivity contribution is -0.137. The molecule has 1 saturated carbocycles. The molecular weight excluding hydrogens is 423 g/mol. The number of aryl methyl sites for hydroxylation is 1. The summed E-state index contributed by atoms with van der Waals surface area (Å²) in [7, 11) is 1.59. The Morgan fingerprint density at radius 1 is 1.09 bits per heavy atom. The van der Waals surface area contributed by atoms with E-state index in [1.807, 2.05) is 6.92 Å². The van der Waals surface area contributed by atoms with Crippen molar-refractivity contribution in [3.8, 4) is 11.1 Å². The van der Waals surface area contributed by atoms with Crippen LogP contribution < -0.4 is 16.0 Å². The minimum atomic E-state index is -4.45. The minimum Gasteiger partial charge on any atom is -0.350 e. The number of halogens is 3. The second-order valence-electron chi connectivity index (χ2n) is 7.89. The first kappa shape index (κ1) is 23.5. The Hall–Kier alpha value is -3.20. The van der Waals surface area contributed by atoms with Crippen molar-refractivity contribution in [1.29, 1.82) is 0 Å². The Morgan fingerprint density at radius 3 is 2.28 bits per heavy atom. The van der Waals surface area contributed by atoms with E-state index in [-0.39, 0.29) is 18.0 Å². The Bertz CT molecular complexity index is 1020. The molecule has 0 aliphatic heterocycles. The first-order valence-corrected chi connectivity index (χ1v) is 10.1. The van der Waals surface area contributed by atoms with Gasteiger partial charge in [-0.3, -0.25) is 19.7 Å². The molecule has 1 atom stereocenters. The van der Waals surface area contributed by atoms with Crippen LogP contribution in [0.4, 0.5) is 13.2 Å². The van der Waals surface area contributed by atoms with Crippen LogP contribution in [0.3, 0.4) is 0 Å². The van der Waals surface area contributed by atoms with E-state index in [0.29, 0.717) is 17.5 Å². The third-order valence-corrected chi connectivity index (χ3v) is 5.79. The molecule has 6 nitrogen and oxygen atoms in total. The molecule has 1 aliphatic carbocycles. The fraction of sp³-hybridized carbons (Fsp3) is 0.348. The predicted molar refractivity (Wildman–Crippen MR) is 113 cm³/mol. The molecule has 0 radical (unpaired) electrons. The highest BCUT2D eigenvalue weighted by Gasteiger charge is 2.50. The third kappa shape index (κ3) is 4.83. The lowest BCUT2D eigenvalue weighted by Crippen LogP contribution is -2.63. The Labute approximate surface area is 183 Å². The number of amides is 3. The molecule has 0 bridgehead atoms. The quantitative estimate of drug-likeness (QED) is 0.543. The normalized spacial score (nSPS) is 15.5. The highest BCUT2D eigenvalue weighted by atomic mass is 19.4.